The molecule has 1 fully saturated rings. The predicted molar refractivity (Wildman–Crippen MR) is 95.6 cm³/mol. The first-order valence-electron chi connectivity index (χ1n) is 8.52. The second-order valence-corrected chi connectivity index (χ2v) is 6.60. The molecule has 0 spiro atoms. The van der Waals surface area contributed by atoms with Gasteiger partial charge in [0.2, 0.25) is 0 Å². The number of benzene rings is 2. The Kier molecular flexibility index (Phi) is 4.06. The van der Waals surface area contributed by atoms with Crippen molar-refractivity contribution < 1.29 is 4.79 Å². The summed E-state index contributed by atoms with van der Waals surface area (Å²) < 4.78 is 1.67. The van der Waals surface area contributed by atoms with E-state index in [2.05, 4.69) is 34.6 Å². The third kappa shape index (κ3) is 3.18. The number of amides is 1. The van der Waals surface area contributed by atoms with Crippen molar-refractivity contribution in [3.8, 4) is 5.69 Å². The van der Waals surface area contributed by atoms with E-state index in [4.69, 9.17) is 0 Å². The number of para-hydroxylation sites is 1. The second kappa shape index (κ2) is 6.51. The smallest absolute Gasteiger partial charge is 0.276 e. The maximum Gasteiger partial charge on any atom is 0.276 e. The lowest BCUT2D eigenvalue weighted by atomic mass is 9.92. The van der Waals surface area contributed by atoms with Crippen molar-refractivity contribution >= 4 is 5.91 Å². The average molecular weight is 332 g/mol. The number of likely N-dealkylation sites (tertiary alicyclic amines) is 1. The van der Waals surface area contributed by atoms with Crippen LogP contribution in [0.15, 0.2) is 60.8 Å². The van der Waals surface area contributed by atoms with Crippen molar-refractivity contribution in [2.45, 2.75) is 13.3 Å². The molecular formula is C20H20N4O. The Labute approximate surface area is 146 Å². The highest BCUT2D eigenvalue weighted by Gasteiger charge is 2.32. The third-order valence-electron chi connectivity index (χ3n) is 4.69. The molecular weight excluding hydrogens is 312 g/mol. The highest BCUT2D eigenvalue weighted by atomic mass is 16.2. The lowest BCUT2D eigenvalue weighted by molar-refractivity contribution is 0.0495. The van der Waals surface area contributed by atoms with E-state index in [1.54, 1.807) is 10.9 Å². The van der Waals surface area contributed by atoms with Crippen molar-refractivity contribution in [1.82, 2.24) is 19.9 Å². The van der Waals surface area contributed by atoms with Gasteiger partial charge in [0.1, 0.15) is 0 Å². The van der Waals surface area contributed by atoms with Crippen LogP contribution >= 0.6 is 0 Å². The van der Waals surface area contributed by atoms with Crippen LogP contribution in [0.5, 0.6) is 0 Å². The normalized spacial score (nSPS) is 14.4. The number of carbonyl (C=O) groups is 1. The maximum absolute atomic E-state index is 12.6. The Morgan fingerprint density at radius 2 is 1.80 bits per heavy atom. The molecule has 2 heterocycles. The molecule has 0 unspecified atom stereocenters. The van der Waals surface area contributed by atoms with Crippen LogP contribution in [0.1, 0.15) is 21.6 Å². The van der Waals surface area contributed by atoms with Gasteiger partial charge in [-0.2, -0.15) is 0 Å². The van der Waals surface area contributed by atoms with Gasteiger partial charge in [-0.1, -0.05) is 53.7 Å². The molecule has 1 aliphatic heterocycles. The largest absolute Gasteiger partial charge is 0.336 e. The molecule has 4 rings (SSSR count). The topological polar surface area (TPSA) is 51.0 Å². The molecule has 0 aliphatic carbocycles. The van der Waals surface area contributed by atoms with Crippen molar-refractivity contribution in [3.05, 3.63) is 77.6 Å². The van der Waals surface area contributed by atoms with Gasteiger partial charge in [0.25, 0.3) is 5.91 Å². The quantitative estimate of drug-likeness (QED) is 0.738. The van der Waals surface area contributed by atoms with Crippen LogP contribution in [-0.4, -0.2) is 38.9 Å². The molecule has 0 saturated carbocycles. The maximum atomic E-state index is 12.6. The standard InChI is InChI=1S/C20H20N4O/c1-15-7-5-6-10-19(15)24-14-18(21-22-24)20(25)23-12-17(13-23)11-16-8-3-2-4-9-16/h2-10,14,17H,11-13H2,1H3. The van der Waals surface area contributed by atoms with Crippen molar-refractivity contribution in [2.24, 2.45) is 5.92 Å². The van der Waals surface area contributed by atoms with E-state index in [-0.39, 0.29) is 5.91 Å². The van der Waals surface area contributed by atoms with E-state index in [0.717, 1.165) is 30.8 Å². The molecule has 1 saturated heterocycles. The highest BCUT2D eigenvalue weighted by molar-refractivity contribution is 5.92. The van der Waals surface area contributed by atoms with Crippen molar-refractivity contribution in [1.29, 1.82) is 0 Å². The number of aromatic nitrogens is 3. The molecule has 5 nitrogen and oxygen atoms in total. The number of carbonyl (C=O) groups excluding carboxylic acids is 1. The van der Waals surface area contributed by atoms with Gasteiger partial charge in [-0.25, -0.2) is 4.68 Å². The minimum absolute atomic E-state index is 0.0378. The molecule has 3 aromatic rings. The van der Waals surface area contributed by atoms with Gasteiger partial charge >= 0.3 is 0 Å². The minimum Gasteiger partial charge on any atom is -0.336 e. The fraction of sp³-hybridized carbons (Fsp3) is 0.250. The Bertz CT molecular complexity index is 881. The highest BCUT2D eigenvalue weighted by Crippen LogP contribution is 2.22. The number of rotatable bonds is 4. The number of nitrogens with zero attached hydrogens (tertiary/aromatic N) is 4. The fourth-order valence-electron chi connectivity index (χ4n) is 3.27. The van der Waals surface area contributed by atoms with E-state index < -0.39 is 0 Å². The van der Waals surface area contributed by atoms with Gasteiger partial charge in [0.05, 0.1) is 11.9 Å². The minimum atomic E-state index is -0.0378. The zero-order valence-corrected chi connectivity index (χ0v) is 14.2. The summed E-state index contributed by atoms with van der Waals surface area (Å²) in [4.78, 5) is 14.4. The second-order valence-electron chi connectivity index (χ2n) is 6.60. The van der Waals surface area contributed by atoms with Crippen molar-refractivity contribution in [3.63, 3.8) is 0 Å². The molecule has 25 heavy (non-hydrogen) atoms. The zero-order chi connectivity index (χ0) is 17.2. The third-order valence-corrected chi connectivity index (χ3v) is 4.69. The summed E-state index contributed by atoms with van der Waals surface area (Å²) in [6, 6.07) is 18.3. The Morgan fingerprint density at radius 1 is 1.08 bits per heavy atom. The summed E-state index contributed by atoms with van der Waals surface area (Å²) in [7, 11) is 0. The van der Waals surface area contributed by atoms with Crippen LogP contribution < -0.4 is 0 Å². The van der Waals surface area contributed by atoms with Crippen LogP contribution in [-0.2, 0) is 6.42 Å². The first-order valence-corrected chi connectivity index (χ1v) is 8.52. The van der Waals surface area contributed by atoms with Gasteiger partial charge < -0.3 is 4.90 Å². The summed E-state index contributed by atoms with van der Waals surface area (Å²) in [5, 5.41) is 8.18. The lowest BCUT2D eigenvalue weighted by Crippen LogP contribution is -2.50. The summed E-state index contributed by atoms with van der Waals surface area (Å²) in [6.07, 6.45) is 2.73. The monoisotopic (exact) mass is 332 g/mol. The van der Waals surface area contributed by atoms with E-state index in [0.29, 0.717) is 11.6 Å². The summed E-state index contributed by atoms with van der Waals surface area (Å²) in [5.41, 5.74) is 3.77. The van der Waals surface area contributed by atoms with Gasteiger partial charge in [0, 0.05) is 13.1 Å². The van der Waals surface area contributed by atoms with E-state index in [1.807, 2.05) is 42.2 Å². The van der Waals surface area contributed by atoms with Crippen LogP contribution in [0.25, 0.3) is 5.69 Å². The SMILES string of the molecule is Cc1ccccc1-n1cc(C(=O)N2CC(Cc3ccccc3)C2)nn1. The lowest BCUT2D eigenvalue weighted by Gasteiger charge is -2.39. The van der Waals surface area contributed by atoms with Gasteiger partial charge in [-0.05, 0) is 36.5 Å². The first-order chi connectivity index (χ1) is 12.2. The molecule has 0 bridgehead atoms. The molecule has 1 aromatic heterocycles. The molecule has 5 heteroatoms. The Balaban J connectivity index is 1.39. The van der Waals surface area contributed by atoms with Crippen LogP contribution in [0.3, 0.4) is 0 Å². The Morgan fingerprint density at radius 3 is 2.56 bits per heavy atom. The molecule has 1 aliphatic rings. The van der Waals surface area contributed by atoms with Gasteiger partial charge in [-0.15, -0.1) is 5.10 Å². The first kappa shape index (κ1) is 15.6. The summed E-state index contributed by atoms with van der Waals surface area (Å²) >= 11 is 0. The molecule has 126 valence electrons. The summed E-state index contributed by atoms with van der Waals surface area (Å²) in [5.74, 6) is 0.488. The molecule has 2 aromatic carbocycles. The summed E-state index contributed by atoms with van der Waals surface area (Å²) in [6.45, 7) is 3.58. The van der Waals surface area contributed by atoms with Crippen LogP contribution in [0, 0.1) is 12.8 Å². The zero-order valence-electron chi connectivity index (χ0n) is 14.2. The number of aryl methyl sites for hydroxylation is 1. The molecule has 1 amide bonds. The predicted octanol–water partition coefficient (Wildman–Crippen LogP) is 2.89. The number of hydrogen-bond donors (Lipinski definition) is 0. The van der Waals surface area contributed by atoms with Gasteiger partial charge in [0.15, 0.2) is 5.69 Å². The van der Waals surface area contributed by atoms with Gasteiger partial charge in [-0.3, -0.25) is 4.79 Å². The van der Waals surface area contributed by atoms with E-state index in [1.165, 1.54) is 5.56 Å². The molecule has 0 atom stereocenters. The van der Waals surface area contributed by atoms with Crippen LogP contribution in [0.2, 0.25) is 0 Å². The molecule has 0 radical (unpaired) electrons. The van der Waals surface area contributed by atoms with E-state index >= 15 is 0 Å². The Hall–Kier alpha value is -2.95. The van der Waals surface area contributed by atoms with Crippen LogP contribution in [0.4, 0.5) is 0 Å². The van der Waals surface area contributed by atoms with E-state index in [9.17, 15) is 4.79 Å². The molecule has 0 N–H and O–H groups in total. The average Bonchev–Trinajstić information content (AvgIpc) is 3.08. The van der Waals surface area contributed by atoms with Crippen molar-refractivity contribution in [2.75, 3.05) is 13.1 Å². The number of hydrogen-bond acceptors (Lipinski definition) is 3. The fourth-order valence-corrected chi connectivity index (χ4v) is 3.27.